The van der Waals surface area contributed by atoms with Gasteiger partial charge >= 0.3 is 0 Å². The highest BCUT2D eigenvalue weighted by atomic mass is 35.5. The molecule has 0 unspecified atom stereocenters. The molecule has 0 aliphatic rings. The lowest BCUT2D eigenvalue weighted by molar-refractivity contribution is -0.120. The van der Waals surface area contributed by atoms with Gasteiger partial charge in [-0.3, -0.25) is 4.79 Å². The molecule has 0 aliphatic heterocycles. The highest BCUT2D eigenvalue weighted by molar-refractivity contribution is 6.30. The van der Waals surface area contributed by atoms with Gasteiger partial charge in [-0.15, -0.1) is 0 Å². The molecular weight excluding hydrogens is 316 g/mol. The first-order valence-electron chi connectivity index (χ1n) is 6.91. The SMILES string of the molecule is COc1cccc(C=NNC(=O)Cc2ccc(Cl)cc2)c1OC. The molecule has 2 rings (SSSR count). The Bertz CT molecular complexity index is 699. The van der Waals surface area contributed by atoms with Crippen molar-refractivity contribution >= 4 is 23.7 Å². The minimum Gasteiger partial charge on any atom is -0.493 e. The van der Waals surface area contributed by atoms with Crippen molar-refractivity contribution in [3.8, 4) is 11.5 Å². The van der Waals surface area contributed by atoms with Crippen LogP contribution in [-0.2, 0) is 11.2 Å². The molecule has 2 aromatic rings. The van der Waals surface area contributed by atoms with Crippen LogP contribution in [0.3, 0.4) is 0 Å². The Labute approximate surface area is 139 Å². The van der Waals surface area contributed by atoms with Crippen molar-refractivity contribution in [2.45, 2.75) is 6.42 Å². The number of nitrogens with zero attached hydrogens (tertiary/aromatic N) is 1. The maximum absolute atomic E-state index is 11.9. The van der Waals surface area contributed by atoms with Crippen LogP contribution in [0.4, 0.5) is 0 Å². The first kappa shape index (κ1) is 16.8. The average molecular weight is 333 g/mol. The molecule has 0 spiro atoms. The monoisotopic (exact) mass is 332 g/mol. The lowest BCUT2D eigenvalue weighted by Gasteiger charge is -2.09. The van der Waals surface area contributed by atoms with Crippen molar-refractivity contribution < 1.29 is 14.3 Å². The Morgan fingerprint density at radius 2 is 1.91 bits per heavy atom. The maximum atomic E-state index is 11.9. The predicted molar refractivity (Wildman–Crippen MR) is 90.4 cm³/mol. The highest BCUT2D eigenvalue weighted by Crippen LogP contribution is 2.29. The second-order valence-corrected chi connectivity index (χ2v) is 5.12. The van der Waals surface area contributed by atoms with Crippen molar-refractivity contribution in [2.75, 3.05) is 14.2 Å². The van der Waals surface area contributed by atoms with Crippen molar-refractivity contribution in [3.63, 3.8) is 0 Å². The van der Waals surface area contributed by atoms with Crippen LogP contribution in [0, 0.1) is 0 Å². The summed E-state index contributed by atoms with van der Waals surface area (Å²) in [5, 5.41) is 4.59. The number of hydrazone groups is 1. The Kier molecular flexibility index (Phi) is 6.00. The number of methoxy groups -OCH3 is 2. The fraction of sp³-hybridized carbons (Fsp3) is 0.176. The molecule has 0 aliphatic carbocycles. The standard InChI is InChI=1S/C17H17ClN2O3/c1-22-15-5-3-4-13(17(15)23-2)11-19-20-16(21)10-12-6-8-14(18)9-7-12/h3-9,11H,10H2,1-2H3,(H,20,21). The molecule has 0 saturated carbocycles. The molecule has 5 nitrogen and oxygen atoms in total. The first-order valence-corrected chi connectivity index (χ1v) is 7.29. The van der Waals surface area contributed by atoms with Gasteiger partial charge in [-0.2, -0.15) is 5.10 Å². The summed E-state index contributed by atoms with van der Waals surface area (Å²) >= 11 is 5.81. The smallest absolute Gasteiger partial charge is 0.244 e. The van der Waals surface area contributed by atoms with Crippen molar-refractivity contribution in [3.05, 3.63) is 58.6 Å². The third-order valence-electron chi connectivity index (χ3n) is 3.10. The van der Waals surface area contributed by atoms with Gasteiger partial charge in [-0.05, 0) is 29.8 Å². The van der Waals surface area contributed by atoms with Crippen LogP contribution in [0.15, 0.2) is 47.6 Å². The molecule has 0 bridgehead atoms. The van der Waals surface area contributed by atoms with E-state index in [4.69, 9.17) is 21.1 Å². The number of hydrogen-bond acceptors (Lipinski definition) is 4. The van der Waals surface area contributed by atoms with E-state index < -0.39 is 0 Å². The molecule has 1 amide bonds. The predicted octanol–water partition coefficient (Wildman–Crippen LogP) is 3.05. The van der Waals surface area contributed by atoms with E-state index in [2.05, 4.69) is 10.5 Å². The molecule has 2 aromatic carbocycles. The van der Waals surface area contributed by atoms with Gasteiger partial charge in [0.25, 0.3) is 0 Å². The van der Waals surface area contributed by atoms with Crippen LogP contribution in [-0.4, -0.2) is 26.3 Å². The van der Waals surface area contributed by atoms with E-state index >= 15 is 0 Å². The van der Waals surface area contributed by atoms with Crippen LogP contribution in [0.1, 0.15) is 11.1 Å². The fourth-order valence-corrected chi connectivity index (χ4v) is 2.14. The largest absolute Gasteiger partial charge is 0.493 e. The van der Waals surface area contributed by atoms with Crippen molar-refractivity contribution in [1.29, 1.82) is 0 Å². The zero-order chi connectivity index (χ0) is 16.7. The van der Waals surface area contributed by atoms with E-state index in [1.54, 1.807) is 44.6 Å². The second-order valence-electron chi connectivity index (χ2n) is 4.68. The summed E-state index contributed by atoms with van der Waals surface area (Å²) < 4.78 is 10.5. The number of halogens is 1. The minimum atomic E-state index is -0.217. The average Bonchev–Trinajstić information content (AvgIpc) is 2.56. The van der Waals surface area contributed by atoms with E-state index in [0.29, 0.717) is 22.1 Å². The maximum Gasteiger partial charge on any atom is 0.244 e. The number of rotatable bonds is 6. The van der Waals surface area contributed by atoms with Gasteiger partial charge in [0.15, 0.2) is 11.5 Å². The summed E-state index contributed by atoms with van der Waals surface area (Å²) in [5.74, 6) is 0.945. The topological polar surface area (TPSA) is 59.9 Å². The van der Waals surface area contributed by atoms with E-state index in [-0.39, 0.29) is 12.3 Å². The quantitative estimate of drug-likeness (QED) is 0.653. The summed E-state index contributed by atoms with van der Waals surface area (Å²) in [5.41, 5.74) is 4.05. The number of carbonyl (C=O) groups is 1. The van der Waals surface area contributed by atoms with Gasteiger partial charge in [0.1, 0.15) is 0 Å². The fourth-order valence-electron chi connectivity index (χ4n) is 2.01. The molecular formula is C17H17ClN2O3. The molecule has 0 saturated heterocycles. The van der Waals surface area contributed by atoms with Gasteiger partial charge in [-0.1, -0.05) is 29.8 Å². The first-order chi connectivity index (χ1) is 11.1. The summed E-state index contributed by atoms with van der Waals surface area (Å²) in [6.45, 7) is 0. The van der Waals surface area contributed by atoms with E-state index in [9.17, 15) is 4.79 Å². The van der Waals surface area contributed by atoms with E-state index in [1.165, 1.54) is 6.21 Å². The summed E-state index contributed by atoms with van der Waals surface area (Å²) in [6, 6.07) is 12.5. The van der Waals surface area contributed by atoms with Gasteiger partial charge in [0, 0.05) is 10.6 Å². The lowest BCUT2D eigenvalue weighted by Crippen LogP contribution is -2.19. The van der Waals surface area contributed by atoms with Gasteiger partial charge in [0.05, 0.1) is 26.9 Å². The molecule has 6 heteroatoms. The normalized spacial score (nSPS) is 10.6. The lowest BCUT2D eigenvalue weighted by atomic mass is 10.1. The Morgan fingerprint density at radius 3 is 2.57 bits per heavy atom. The number of ether oxygens (including phenoxy) is 2. The molecule has 0 aromatic heterocycles. The van der Waals surface area contributed by atoms with Crippen molar-refractivity contribution in [1.82, 2.24) is 5.43 Å². The molecule has 23 heavy (non-hydrogen) atoms. The van der Waals surface area contributed by atoms with Gasteiger partial charge in [-0.25, -0.2) is 5.43 Å². The Hall–Kier alpha value is -2.53. The Morgan fingerprint density at radius 1 is 1.17 bits per heavy atom. The number of carbonyl (C=O) groups excluding carboxylic acids is 1. The number of para-hydroxylation sites is 1. The highest BCUT2D eigenvalue weighted by Gasteiger charge is 2.07. The van der Waals surface area contributed by atoms with Crippen molar-refractivity contribution in [2.24, 2.45) is 5.10 Å². The van der Waals surface area contributed by atoms with Gasteiger partial charge in [0.2, 0.25) is 5.91 Å². The summed E-state index contributed by atoms with van der Waals surface area (Å²) in [7, 11) is 3.11. The molecule has 1 N–H and O–H groups in total. The summed E-state index contributed by atoms with van der Waals surface area (Å²) in [4.78, 5) is 11.9. The third kappa shape index (κ3) is 4.72. The Balaban J connectivity index is 1.98. The number of nitrogens with one attached hydrogen (secondary N) is 1. The second kappa shape index (κ2) is 8.19. The summed E-state index contributed by atoms with van der Waals surface area (Å²) in [6.07, 6.45) is 1.74. The van der Waals surface area contributed by atoms with Crippen LogP contribution >= 0.6 is 11.6 Å². The van der Waals surface area contributed by atoms with E-state index in [0.717, 1.165) is 5.56 Å². The zero-order valence-electron chi connectivity index (χ0n) is 12.9. The van der Waals surface area contributed by atoms with Crippen LogP contribution in [0.25, 0.3) is 0 Å². The molecule has 0 atom stereocenters. The third-order valence-corrected chi connectivity index (χ3v) is 3.36. The number of hydrogen-bond donors (Lipinski definition) is 1. The van der Waals surface area contributed by atoms with E-state index in [1.807, 2.05) is 12.1 Å². The zero-order valence-corrected chi connectivity index (χ0v) is 13.6. The van der Waals surface area contributed by atoms with Crippen LogP contribution in [0.5, 0.6) is 11.5 Å². The van der Waals surface area contributed by atoms with Gasteiger partial charge < -0.3 is 9.47 Å². The molecule has 0 radical (unpaired) electrons. The van der Waals surface area contributed by atoms with Crippen LogP contribution < -0.4 is 14.9 Å². The number of amides is 1. The molecule has 0 fully saturated rings. The number of benzene rings is 2. The minimum absolute atomic E-state index is 0.217. The molecule has 120 valence electrons. The van der Waals surface area contributed by atoms with Crippen LogP contribution in [0.2, 0.25) is 5.02 Å². The molecule has 0 heterocycles.